The van der Waals surface area contributed by atoms with Crippen LogP contribution in [0.2, 0.25) is 0 Å². The lowest BCUT2D eigenvalue weighted by atomic mass is 10.1. The van der Waals surface area contributed by atoms with Gasteiger partial charge in [-0.3, -0.25) is 0 Å². The maximum atomic E-state index is 10.3. The van der Waals surface area contributed by atoms with Crippen LogP contribution >= 0.6 is 0 Å². The molecule has 0 saturated carbocycles. The van der Waals surface area contributed by atoms with E-state index >= 15 is 0 Å². The molecule has 1 fully saturated rings. The molecule has 0 bridgehead atoms. The highest BCUT2D eigenvalue weighted by Gasteiger charge is 2.11. The monoisotopic (exact) mass is 263 g/mol. The Hall–Kier alpha value is -1.30. The first kappa shape index (κ1) is 14.1. The molecule has 5 heteroatoms. The van der Waals surface area contributed by atoms with Gasteiger partial charge in [0.2, 0.25) is 0 Å². The minimum absolute atomic E-state index is 0.387. The summed E-state index contributed by atoms with van der Waals surface area (Å²) in [6.45, 7) is 4.86. The molecular formula is C14H21N3O2. The minimum atomic E-state index is -0.542. The average Bonchev–Trinajstić information content (AvgIpc) is 2.96. The van der Waals surface area contributed by atoms with Crippen molar-refractivity contribution < 1.29 is 5.11 Å². The number of nitrogens with zero attached hydrogens (tertiary/aromatic N) is 2. The fraction of sp³-hybridized carbons (Fsp3) is 0.571. The van der Waals surface area contributed by atoms with Crippen molar-refractivity contribution in [1.29, 1.82) is 0 Å². The standard InChI is InChI=1S/C14H21N3O2/c18-14(12-3-5-13(16-19)6-4-12)11-15-7-10-17-8-1-2-9-17/h3-6,14-15,18H,1-2,7-11H2. The summed E-state index contributed by atoms with van der Waals surface area (Å²) < 4.78 is 0. The quantitative estimate of drug-likeness (QED) is 0.581. The molecule has 1 atom stereocenters. The third kappa shape index (κ3) is 4.38. The lowest BCUT2D eigenvalue weighted by molar-refractivity contribution is 0.173. The zero-order valence-corrected chi connectivity index (χ0v) is 11.1. The van der Waals surface area contributed by atoms with Crippen molar-refractivity contribution in [1.82, 2.24) is 10.2 Å². The van der Waals surface area contributed by atoms with Crippen LogP contribution in [0.3, 0.4) is 0 Å². The summed E-state index contributed by atoms with van der Waals surface area (Å²) in [6, 6.07) is 6.72. The zero-order valence-electron chi connectivity index (χ0n) is 11.1. The van der Waals surface area contributed by atoms with Gasteiger partial charge in [0.15, 0.2) is 0 Å². The van der Waals surface area contributed by atoms with Crippen LogP contribution in [0.15, 0.2) is 29.4 Å². The summed E-state index contributed by atoms with van der Waals surface area (Å²) in [5.41, 5.74) is 1.19. The van der Waals surface area contributed by atoms with Crippen LogP contribution in [-0.4, -0.2) is 42.7 Å². The number of nitroso groups, excluding NO2 is 1. The van der Waals surface area contributed by atoms with Crippen LogP contribution in [0, 0.1) is 4.91 Å². The summed E-state index contributed by atoms with van der Waals surface area (Å²) >= 11 is 0. The predicted octanol–water partition coefficient (Wildman–Crippen LogP) is 1.80. The normalized spacial score (nSPS) is 17.5. The minimum Gasteiger partial charge on any atom is -0.387 e. The third-order valence-electron chi connectivity index (χ3n) is 3.52. The molecule has 1 saturated heterocycles. The Morgan fingerprint density at radius 2 is 1.95 bits per heavy atom. The molecule has 1 aliphatic rings. The molecule has 1 aromatic rings. The van der Waals surface area contributed by atoms with Gasteiger partial charge >= 0.3 is 0 Å². The van der Waals surface area contributed by atoms with Crippen LogP contribution in [0.4, 0.5) is 5.69 Å². The average molecular weight is 263 g/mol. The number of likely N-dealkylation sites (tertiary alicyclic amines) is 1. The number of aliphatic hydroxyl groups excluding tert-OH is 1. The Morgan fingerprint density at radius 3 is 2.58 bits per heavy atom. The Kier molecular flexibility index (Phi) is 5.44. The molecule has 0 aliphatic carbocycles. The SMILES string of the molecule is O=Nc1ccc(C(O)CNCCN2CCCC2)cc1. The second-order valence-corrected chi connectivity index (χ2v) is 4.95. The number of aliphatic hydroxyl groups is 1. The molecule has 0 amide bonds. The van der Waals surface area contributed by atoms with Crippen LogP contribution in [0.5, 0.6) is 0 Å². The van der Waals surface area contributed by atoms with E-state index < -0.39 is 6.10 Å². The van der Waals surface area contributed by atoms with Crippen LogP contribution in [-0.2, 0) is 0 Å². The second-order valence-electron chi connectivity index (χ2n) is 4.95. The van der Waals surface area contributed by atoms with Gasteiger partial charge in [-0.1, -0.05) is 12.1 Å². The van der Waals surface area contributed by atoms with E-state index in [-0.39, 0.29) is 0 Å². The molecule has 1 aromatic carbocycles. The maximum absolute atomic E-state index is 10.3. The van der Waals surface area contributed by atoms with E-state index in [4.69, 9.17) is 0 Å². The van der Waals surface area contributed by atoms with Crippen LogP contribution in [0.25, 0.3) is 0 Å². The fourth-order valence-electron chi connectivity index (χ4n) is 2.36. The van der Waals surface area contributed by atoms with Gasteiger partial charge in [-0.05, 0) is 48.8 Å². The van der Waals surface area contributed by atoms with Gasteiger partial charge in [-0.15, -0.1) is 4.91 Å². The van der Waals surface area contributed by atoms with E-state index in [9.17, 15) is 10.0 Å². The highest BCUT2D eigenvalue weighted by Crippen LogP contribution is 2.17. The molecule has 0 aromatic heterocycles. The van der Waals surface area contributed by atoms with E-state index in [0.717, 1.165) is 18.7 Å². The lowest BCUT2D eigenvalue weighted by Gasteiger charge is -2.16. The molecule has 0 radical (unpaired) electrons. The van der Waals surface area contributed by atoms with Crippen molar-refractivity contribution in [3.63, 3.8) is 0 Å². The van der Waals surface area contributed by atoms with Gasteiger partial charge in [-0.2, -0.15) is 0 Å². The Balaban J connectivity index is 1.67. The fourth-order valence-corrected chi connectivity index (χ4v) is 2.36. The highest BCUT2D eigenvalue weighted by molar-refractivity contribution is 5.39. The van der Waals surface area contributed by atoms with E-state index in [1.807, 2.05) is 0 Å². The van der Waals surface area contributed by atoms with Crippen molar-refractivity contribution in [3.8, 4) is 0 Å². The molecule has 19 heavy (non-hydrogen) atoms. The summed E-state index contributed by atoms with van der Waals surface area (Å²) in [4.78, 5) is 12.7. The molecular weight excluding hydrogens is 242 g/mol. The molecule has 2 rings (SSSR count). The molecule has 1 aliphatic heterocycles. The maximum Gasteiger partial charge on any atom is 0.108 e. The molecule has 5 nitrogen and oxygen atoms in total. The van der Waals surface area contributed by atoms with E-state index in [0.29, 0.717) is 12.2 Å². The van der Waals surface area contributed by atoms with Crippen molar-refractivity contribution in [2.75, 3.05) is 32.7 Å². The second kappa shape index (κ2) is 7.33. The van der Waals surface area contributed by atoms with Crippen LogP contribution < -0.4 is 5.32 Å². The molecule has 1 heterocycles. The van der Waals surface area contributed by atoms with Gasteiger partial charge in [0.05, 0.1) is 6.10 Å². The number of nitrogens with one attached hydrogen (secondary N) is 1. The summed E-state index contributed by atoms with van der Waals surface area (Å²) in [6.07, 6.45) is 2.07. The lowest BCUT2D eigenvalue weighted by Crippen LogP contribution is -2.32. The van der Waals surface area contributed by atoms with Gasteiger partial charge in [0, 0.05) is 19.6 Å². The number of hydrogen-bond donors (Lipinski definition) is 2. The van der Waals surface area contributed by atoms with E-state index in [2.05, 4.69) is 15.4 Å². The number of hydrogen-bond acceptors (Lipinski definition) is 5. The van der Waals surface area contributed by atoms with Gasteiger partial charge in [-0.25, -0.2) is 0 Å². The number of rotatable bonds is 7. The number of benzene rings is 1. The summed E-state index contributed by atoms with van der Waals surface area (Å²) in [7, 11) is 0. The smallest absolute Gasteiger partial charge is 0.108 e. The van der Waals surface area contributed by atoms with Crippen LogP contribution in [0.1, 0.15) is 24.5 Å². The van der Waals surface area contributed by atoms with Crippen molar-refractivity contribution >= 4 is 5.69 Å². The van der Waals surface area contributed by atoms with Crippen molar-refractivity contribution in [3.05, 3.63) is 34.7 Å². The molecule has 104 valence electrons. The first-order chi connectivity index (χ1) is 9.29. The van der Waals surface area contributed by atoms with Gasteiger partial charge < -0.3 is 15.3 Å². The van der Waals surface area contributed by atoms with Crippen molar-refractivity contribution in [2.24, 2.45) is 5.18 Å². The summed E-state index contributed by atoms with van der Waals surface area (Å²) in [5.74, 6) is 0. The van der Waals surface area contributed by atoms with Gasteiger partial charge in [0.1, 0.15) is 5.69 Å². The largest absolute Gasteiger partial charge is 0.387 e. The molecule has 2 N–H and O–H groups in total. The van der Waals surface area contributed by atoms with Gasteiger partial charge in [0.25, 0.3) is 0 Å². The zero-order chi connectivity index (χ0) is 13.5. The van der Waals surface area contributed by atoms with E-state index in [1.165, 1.54) is 25.9 Å². The van der Waals surface area contributed by atoms with E-state index in [1.54, 1.807) is 24.3 Å². The Labute approximate surface area is 113 Å². The predicted molar refractivity (Wildman–Crippen MR) is 75.4 cm³/mol. The summed E-state index contributed by atoms with van der Waals surface area (Å²) in [5, 5.41) is 16.1. The first-order valence-corrected chi connectivity index (χ1v) is 6.84. The Bertz CT molecular complexity index is 388. The Morgan fingerprint density at radius 1 is 1.26 bits per heavy atom. The van der Waals surface area contributed by atoms with Crippen molar-refractivity contribution in [2.45, 2.75) is 18.9 Å². The first-order valence-electron chi connectivity index (χ1n) is 6.84. The molecule has 0 spiro atoms. The highest BCUT2D eigenvalue weighted by atomic mass is 16.3. The third-order valence-corrected chi connectivity index (χ3v) is 3.52. The molecule has 1 unspecified atom stereocenters. The topological polar surface area (TPSA) is 64.9 Å².